The van der Waals surface area contributed by atoms with Crippen LogP contribution in [-0.2, 0) is 0 Å². The molecule has 0 amide bonds. The zero-order valence-corrected chi connectivity index (χ0v) is 12.5. The third-order valence-electron chi connectivity index (χ3n) is 4.27. The van der Waals surface area contributed by atoms with Gasteiger partial charge in [-0.3, -0.25) is 0 Å². The molecule has 2 aromatic rings. The highest BCUT2D eigenvalue weighted by Gasteiger charge is 2.32. The molecule has 2 heteroatoms. The minimum atomic E-state index is 0.411. The molecule has 0 unspecified atom stereocenters. The third kappa shape index (κ3) is 2.89. The molecule has 1 atom stereocenters. The summed E-state index contributed by atoms with van der Waals surface area (Å²) in [5, 5.41) is 4.62. The van der Waals surface area contributed by atoms with Gasteiger partial charge in [0.25, 0.3) is 0 Å². The normalized spacial score (nSPS) is 23.1. The minimum absolute atomic E-state index is 0.411. The molecule has 3 rings (SSSR count). The van der Waals surface area contributed by atoms with Crippen molar-refractivity contribution in [2.45, 2.75) is 37.8 Å². The number of halogens is 1. The van der Waals surface area contributed by atoms with Crippen LogP contribution in [0.15, 0.2) is 54.6 Å². The Labute approximate surface area is 126 Å². The van der Waals surface area contributed by atoms with E-state index >= 15 is 0 Å². The van der Waals surface area contributed by atoms with Crippen molar-refractivity contribution in [3.05, 3.63) is 70.7 Å². The average molecular weight is 286 g/mol. The predicted octanol–water partition coefficient (Wildman–Crippen LogP) is 4.94. The van der Waals surface area contributed by atoms with Gasteiger partial charge in [-0.05, 0) is 42.9 Å². The predicted molar refractivity (Wildman–Crippen MR) is 85.2 cm³/mol. The van der Waals surface area contributed by atoms with Gasteiger partial charge in [0.2, 0.25) is 0 Å². The van der Waals surface area contributed by atoms with Gasteiger partial charge in [0.15, 0.2) is 0 Å². The van der Waals surface area contributed by atoms with Crippen molar-refractivity contribution in [3.8, 4) is 0 Å². The van der Waals surface area contributed by atoms with Crippen LogP contribution in [0.3, 0.4) is 0 Å². The number of benzene rings is 2. The fraction of sp³-hybridized carbons (Fsp3) is 0.333. The van der Waals surface area contributed by atoms with E-state index in [1.165, 1.54) is 24.0 Å². The van der Waals surface area contributed by atoms with E-state index in [1.54, 1.807) is 0 Å². The summed E-state index contributed by atoms with van der Waals surface area (Å²) in [4.78, 5) is 0. The zero-order chi connectivity index (χ0) is 13.9. The number of nitrogens with one attached hydrogen (secondary N) is 1. The molecule has 1 aliphatic carbocycles. The van der Waals surface area contributed by atoms with Gasteiger partial charge in [-0.15, -0.1) is 0 Å². The first-order valence-corrected chi connectivity index (χ1v) is 7.67. The van der Waals surface area contributed by atoms with E-state index in [2.05, 4.69) is 54.7 Å². The lowest BCUT2D eigenvalue weighted by atomic mass is 9.75. The lowest BCUT2D eigenvalue weighted by Crippen LogP contribution is -2.41. The molecule has 2 aromatic carbocycles. The highest BCUT2D eigenvalue weighted by molar-refractivity contribution is 6.31. The molecule has 1 fully saturated rings. The maximum Gasteiger partial charge on any atom is 0.0440 e. The summed E-state index contributed by atoms with van der Waals surface area (Å²) in [6.45, 7) is 2.23. The quantitative estimate of drug-likeness (QED) is 0.839. The van der Waals surface area contributed by atoms with Crippen LogP contribution in [0.2, 0.25) is 5.02 Å². The highest BCUT2D eigenvalue weighted by atomic mass is 35.5. The molecular weight excluding hydrogens is 266 g/mol. The van der Waals surface area contributed by atoms with Gasteiger partial charge in [0.05, 0.1) is 0 Å². The van der Waals surface area contributed by atoms with E-state index in [4.69, 9.17) is 11.6 Å². The van der Waals surface area contributed by atoms with Crippen molar-refractivity contribution in [1.29, 1.82) is 0 Å². The average Bonchev–Trinajstić information content (AvgIpc) is 2.44. The smallest absolute Gasteiger partial charge is 0.0440 e. The first kappa shape index (κ1) is 13.7. The van der Waals surface area contributed by atoms with Crippen molar-refractivity contribution in [2.75, 3.05) is 0 Å². The van der Waals surface area contributed by atoms with Crippen LogP contribution < -0.4 is 5.32 Å². The van der Waals surface area contributed by atoms with Crippen LogP contribution >= 0.6 is 11.6 Å². The van der Waals surface area contributed by atoms with E-state index in [9.17, 15) is 0 Å². The first-order chi connectivity index (χ1) is 9.74. The summed E-state index contributed by atoms with van der Waals surface area (Å²) in [6, 6.07) is 19.9. The number of rotatable bonds is 4. The molecule has 0 radical (unpaired) electrons. The van der Waals surface area contributed by atoms with Crippen LogP contribution in [0.4, 0.5) is 0 Å². The SMILES string of the molecule is C[C@H](NC1CC(c2ccccc2Cl)C1)c1ccccc1. The summed E-state index contributed by atoms with van der Waals surface area (Å²) in [6.07, 6.45) is 2.36. The van der Waals surface area contributed by atoms with E-state index in [0.717, 1.165) is 5.02 Å². The van der Waals surface area contributed by atoms with Crippen molar-refractivity contribution in [1.82, 2.24) is 5.32 Å². The van der Waals surface area contributed by atoms with Crippen LogP contribution in [0.25, 0.3) is 0 Å². The summed E-state index contributed by atoms with van der Waals surface area (Å²) >= 11 is 6.26. The van der Waals surface area contributed by atoms with Crippen LogP contribution in [0.1, 0.15) is 42.9 Å². The monoisotopic (exact) mass is 285 g/mol. The number of hydrogen-bond acceptors (Lipinski definition) is 1. The molecule has 1 nitrogen and oxygen atoms in total. The van der Waals surface area contributed by atoms with Gasteiger partial charge in [0.1, 0.15) is 0 Å². The molecule has 0 aliphatic heterocycles. The Balaban J connectivity index is 1.55. The van der Waals surface area contributed by atoms with E-state index in [0.29, 0.717) is 18.0 Å². The van der Waals surface area contributed by atoms with Gasteiger partial charge < -0.3 is 5.32 Å². The zero-order valence-electron chi connectivity index (χ0n) is 11.7. The van der Waals surface area contributed by atoms with Gasteiger partial charge >= 0.3 is 0 Å². The second-order valence-electron chi connectivity index (χ2n) is 5.69. The Hall–Kier alpha value is -1.31. The van der Waals surface area contributed by atoms with E-state index in [1.807, 2.05) is 12.1 Å². The summed E-state index contributed by atoms with van der Waals surface area (Å²) < 4.78 is 0. The maximum absolute atomic E-state index is 6.26. The largest absolute Gasteiger partial charge is 0.307 e. The van der Waals surface area contributed by atoms with E-state index < -0.39 is 0 Å². The molecule has 1 aliphatic rings. The van der Waals surface area contributed by atoms with Gasteiger partial charge in [-0.25, -0.2) is 0 Å². The summed E-state index contributed by atoms with van der Waals surface area (Å²) in [5.74, 6) is 0.615. The molecule has 0 spiro atoms. The fourth-order valence-electron chi connectivity index (χ4n) is 3.01. The summed E-state index contributed by atoms with van der Waals surface area (Å²) in [5.41, 5.74) is 2.66. The standard InChI is InChI=1S/C18H20ClN/c1-13(14-7-3-2-4-8-14)20-16-11-15(12-16)17-9-5-6-10-18(17)19/h2-10,13,15-16,20H,11-12H2,1H3/t13-,15?,16?/m0/s1. The molecule has 104 valence electrons. The molecule has 0 heterocycles. The Morgan fingerprint density at radius 3 is 2.35 bits per heavy atom. The van der Waals surface area contributed by atoms with Crippen LogP contribution in [0, 0.1) is 0 Å². The van der Waals surface area contributed by atoms with Gasteiger partial charge in [-0.2, -0.15) is 0 Å². The Morgan fingerprint density at radius 2 is 1.65 bits per heavy atom. The first-order valence-electron chi connectivity index (χ1n) is 7.29. The van der Waals surface area contributed by atoms with Crippen molar-refractivity contribution in [3.63, 3.8) is 0 Å². The third-order valence-corrected chi connectivity index (χ3v) is 4.61. The Kier molecular flexibility index (Phi) is 4.09. The van der Waals surface area contributed by atoms with Crippen LogP contribution in [-0.4, -0.2) is 6.04 Å². The number of hydrogen-bond donors (Lipinski definition) is 1. The fourth-order valence-corrected chi connectivity index (χ4v) is 3.30. The molecule has 1 N–H and O–H groups in total. The van der Waals surface area contributed by atoms with Crippen molar-refractivity contribution >= 4 is 11.6 Å². The lowest BCUT2D eigenvalue weighted by Gasteiger charge is -2.38. The molecule has 20 heavy (non-hydrogen) atoms. The molecule has 0 bridgehead atoms. The van der Waals surface area contributed by atoms with Crippen LogP contribution in [0.5, 0.6) is 0 Å². The Bertz CT molecular complexity index is 561. The van der Waals surface area contributed by atoms with Crippen molar-refractivity contribution < 1.29 is 0 Å². The van der Waals surface area contributed by atoms with Gasteiger partial charge in [0, 0.05) is 17.1 Å². The second-order valence-corrected chi connectivity index (χ2v) is 6.09. The summed E-state index contributed by atoms with van der Waals surface area (Å²) in [7, 11) is 0. The topological polar surface area (TPSA) is 12.0 Å². The Morgan fingerprint density at radius 1 is 1.00 bits per heavy atom. The van der Waals surface area contributed by atoms with E-state index in [-0.39, 0.29) is 0 Å². The molecule has 0 saturated heterocycles. The van der Waals surface area contributed by atoms with Gasteiger partial charge in [-0.1, -0.05) is 60.1 Å². The second kappa shape index (κ2) is 5.99. The maximum atomic E-state index is 6.26. The molecular formula is C18H20ClN. The molecule has 0 aromatic heterocycles. The highest BCUT2D eigenvalue weighted by Crippen LogP contribution is 2.40. The minimum Gasteiger partial charge on any atom is -0.307 e. The molecule has 1 saturated carbocycles. The van der Waals surface area contributed by atoms with Crippen molar-refractivity contribution in [2.24, 2.45) is 0 Å². The lowest BCUT2D eigenvalue weighted by molar-refractivity contribution is 0.271.